The maximum Gasteiger partial charge on any atom is 0.0701 e. The number of likely N-dealkylation sites (tertiary alicyclic amines) is 1. The minimum Gasteiger partial charge on any atom is -0.316 e. The van der Waals surface area contributed by atoms with Gasteiger partial charge in [-0.25, -0.2) is 0 Å². The van der Waals surface area contributed by atoms with Gasteiger partial charge in [0.15, 0.2) is 0 Å². The smallest absolute Gasteiger partial charge is 0.0701 e. The van der Waals surface area contributed by atoms with Gasteiger partial charge in [0.1, 0.15) is 0 Å². The van der Waals surface area contributed by atoms with E-state index in [2.05, 4.69) is 44.6 Å². The highest BCUT2D eigenvalue weighted by atomic mass is 79.9. The van der Waals surface area contributed by atoms with Crippen LogP contribution in [-0.2, 0) is 6.54 Å². The maximum absolute atomic E-state index is 3.49. The molecule has 4 heteroatoms. The van der Waals surface area contributed by atoms with Crippen LogP contribution >= 0.6 is 27.3 Å². The summed E-state index contributed by atoms with van der Waals surface area (Å²) in [7, 11) is 2.05. The number of halogens is 1. The van der Waals surface area contributed by atoms with Crippen molar-refractivity contribution in [1.29, 1.82) is 0 Å². The lowest BCUT2D eigenvalue weighted by Crippen LogP contribution is -2.29. The first-order valence-corrected chi connectivity index (χ1v) is 6.57. The SMILES string of the molecule is CNC1CCN(Cc2csc(Br)c2)C1. The van der Waals surface area contributed by atoms with E-state index in [0.29, 0.717) is 6.04 Å². The second-order valence-corrected chi connectivity index (χ2v) is 6.06. The third kappa shape index (κ3) is 2.57. The van der Waals surface area contributed by atoms with Crippen molar-refractivity contribution in [2.24, 2.45) is 0 Å². The first-order chi connectivity index (χ1) is 6.78. The van der Waals surface area contributed by atoms with Crippen molar-refractivity contribution in [3.05, 3.63) is 20.8 Å². The molecular formula is C10H15BrN2S. The van der Waals surface area contributed by atoms with Crippen LogP contribution in [0.3, 0.4) is 0 Å². The molecule has 0 bridgehead atoms. The summed E-state index contributed by atoms with van der Waals surface area (Å²) in [4.78, 5) is 2.51. The molecule has 1 atom stereocenters. The Morgan fingerprint density at radius 1 is 1.71 bits per heavy atom. The van der Waals surface area contributed by atoms with Crippen LogP contribution in [0.15, 0.2) is 15.2 Å². The van der Waals surface area contributed by atoms with Gasteiger partial charge < -0.3 is 5.32 Å². The minimum absolute atomic E-state index is 0.692. The Balaban J connectivity index is 1.87. The molecule has 78 valence electrons. The van der Waals surface area contributed by atoms with E-state index in [9.17, 15) is 0 Å². The van der Waals surface area contributed by atoms with Crippen LogP contribution in [-0.4, -0.2) is 31.1 Å². The second kappa shape index (κ2) is 4.75. The fraction of sp³-hybridized carbons (Fsp3) is 0.600. The van der Waals surface area contributed by atoms with Crippen molar-refractivity contribution in [1.82, 2.24) is 10.2 Å². The third-order valence-corrected chi connectivity index (χ3v) is 4.26. The van der Waals surface area contributed by atoms with E-state index in [1.807, 2.05) is 0 Å². The summed E-state index contributed by atoms with van der Waals surface area (Å²) in [6, 6.07) is 2.91. The van der Waals surface area contributed by atoms with Crippen molar-refractivity contribution in [3.63, 3.8) is 0 Å². The van der Waals surface area contributed by atoms with Gasteiger partial charge in [-0.3, -0.25) is 4.90 Å². The molecular weight excluding hydrogens is 260 g/mol. The molecule has 1 saturated heterocycles. The fourth-order valence-electron chi connectivity index (χ4n) is 1.90. The summed E-state index contributed by atoms with van der Waals surface area (Å²) in [5, 5.41) is 5.57. The monoisotopic (exact) mass is 274 g/mol. The van der Waals surface area contributed by atoms with Gasteiger partial charge in [-0.15, -0.1) is 11.3 Å². The Hall–Kier alpha value is 0.100. The average molecular weight is 275 g/mol. The topological polar surface area (TPSA) is 15.3 Å². The summed E-state index contributed by atoms with van der Waals surface area (Å²) in [6.07, 6.45) is 1.28. The average Bonchev–Trinajstić information content (AvgIpc) is 2.76. The molecule has 0 amide bonds. The van der Waals surface area contributed by atoms with Gasteiger partial charge in [-0.1, -0.05) is 0 Å². The Morgan fingerprint density at radius 3 is 3.14 bits per heavy atom. The number of nitrogens with one attached hydrogen (secondary N) is 1. The van der Waals surface area contributed by atoms with Gasteiger partial charge >= 0.3 is 0 Å². The minimum atomic E-state index is 0.692. The molecule has 0 saturated carbocycles. The lowest BCUT2D eigenvalue weighted by molar-refractivity contribution is 0.323. The normalized spacial score (nSPS) is 23.1. The molecule has 2 heterocycles. The Morgan fingerprint density at radius 2 is 2.57 bits per heavy atom. The molecule has 14 heavy (non-hydrogen) atoms. The van der Waals surface area contributed by atoms with Gasteiger partial charge in [-0.2, -0.15) is 0 Å². The number of hydrogen-bond donors (Lipinski definition) is 1. The van der Waals surface area contributed by atoms with Crippen LogP contribution in [0.2, 0.25) is 0 Å². The van der Waals surface area contributed by atoms with E-state index in [-0.39, 0.29) is 0 Å². The van der Waals surface area contributed by atoms with Crippen LogP contribution in [0.4, 0.5) is 0 Å². The van der Waals surface area contributed by atoms with Crippen LogP contribution in [0.5, 0.6) is 0 Å². The van der Waals surface area contributed by atoms with E-state index in [1.165, 1.54) is 28.9 Å². The predicted molar refractivity (Wildman–Crippen MR) is 64.8 cm³/mol. The van der Waals surface area contributed by atoms with Crippen LogP contribution in [0.1, 0.15) is 12.0 Å². The molecule has 1 unspecified atom stereocenters. The summed E-state index contributed by atoms with van der Waals surface area (Å²) in [6.45, 7) is 3.50. The summed E-state index contributed by atoms with van der Waals surface area (Å²) in [5.41, 5.74) is 1.43. The summed E-state index contributed by atoms with van der Waals surface area (Å²) < 4.78 is 1.23. The first-order valence-electron chi connectivity index (χ1n) is 4.90. The van der Waals surface area contributed by atoms with Crippen LogP contribution in [0.25, 0.3) is 0 Å². The summed E-state index contributed by atoms with van der Waals surface area (Å²) in [5.74, 6) is 0. The molecule has 2 rings (SSSR count). The van der Waals surface area contributed by atoms with Gasteiger partial charge in [0.05, 0.1) is 3.79 Å². The zero-order valence-corrected chi connectivity index (χ0v) is 10.7. The molecule has 2 nitrogen and oxygen atoms in total. The van der Waals surface area contributed by atoms with E-state index in [4.69, 9.17) is 0 Å². The Bertz CT molecular complexity index is 300. The molecule has 0 aromatic carbocycles. The van der Waals surface area contributed by atoms with Crippen molar-refractivity contribution in [3.8, 4) is 0 Å². The lowest BCUT2D eigenvalue weighted by atomic mass is 10.3. The maximum atomic E-state index is 3.49. The highest BCUT2D eigenvalue weighted by Gasteiger charge is 2.20. The Labute approximate surface area is 97.4 Å². The van der Waals surface area contributed by atoms with Crippen molar-refractivity contribution >= 4 is 27.3 Å². The number of nitrogens with zero attached hydrogens (tertiary/aromatic N) is 1. The number of hydrogen-bond acceptors (Lipinski definition) is 3. The van der Waals surface area contributed by atoms with Gasteiger partial charge in [0.25, 0.3) is 0 Å². The zero-order chi connectivity index (χ0) is 9.97. The molecule has 1 N–H and O–H groups in total. The fourth-order valence-corrected chi connectivity index (χ4v) is 3.10. The zero-order valence-electron chi connectivity index (χ0n) is 8.29. The Kier molecular flexibility index (Phi) is 3.60. The van der Waals surface area contributed by atoms with E-state index in [0.717, 1.165) is 6.54 Å². The van der Waals surface area contributed by atoms with Gasteiger partial charge in [0.2, 0.25) is 0 Å². The third-order valence-electron chi connectivity index (χ3n) is 2.71. The van der Waals surface area contributed by atoms with Gasteiger partial charge in [0, 0.05) is 25.7 Å². The molecule has 1 fully saturated rings. The number of likely N-dealkylation sites (N-methyl/N-ethyl adjacent to an activating group) is 1. The number of rotatable bonds is 3. The van der Waals surface area contributed by atoms with Crippen molar-refractivity contribution in [2.45, 2.75) is 19.0 Å². The molecule has 1 aliphatic heterocycles. The molecule has 1 aromatic rings. The highest BCUT2D eigenvalue weighted by molar-refractivity contribution is 9.11. The molecule has 0 spiro atoms. The van der Waals surface area contributed by atoms with E-state index in [1.54, 1.807) is 11.3 Å². The lowest BCUT2D eigenvalue weighted by Gasteiger charge is -2.14. The second-order valence-electron chi connectivity index (χ2n) is 3.77. The predicted octanol–water partition coefficient (Wildman–Crippen LogP) is 2.30. The van der Waals surface area contributed by atoms with Gasteiger partial charge in [-0.05, 0) is 46.4 Å². The van der Waals surface area contributed by atoms with Crippen LogP contribution in [0, 0.1) is 0 Å². The van der Waals surface area contributed by atoms with E-state index < -0.39 is 0 Å². The van der Waals surface area contributed by atoms with Crippen molar-refractivity contribution in [2.75, 3.05) is 20.1 Å². The molecule has 1 aromatic heterocycles. The molecule has 1 aliphatic rings. The number of thiophene rings is 1. The largest absolute Gasteiger partial charge is 0.316 e. The van der Waals surface area contributed by atoms with E-state index >= 15 is 0 Å². The first kappa shape index (κ1) is 10.6. The molecule has 0 radical (unpaired) electrons. The van der Waals surface area contributed by atoms with Crippen LogP contribution < -0.4 is 5.32 Å². The quantitative estimate of drug-likeness (QED) is 0.910. The highest BCUT2D eigenvalue weighted by Crippen LogP contribution is 2.22. The standard InChI is InChI=1S/C10H15BrN2S/c1-12-9-2-3-13(6-9)5-8-4-10(11)14-7-8/h4,7,9,12H,2-3,5-6H2,1H3. The molecule has 0 aliphatic carbocycles. The van der Waals surface area contributed by atoms with Crippen molar-refractivity contribution < 1.29 is 0 Å². The summed E-state index contributed by atoms with van der Waals surface area (Å²) >= 11 is 5.26.